The molecule has 10 heteroatoms. The van der Waals surface area contributed by atoms with E-state index in [1.54, 1.807) is 51.1 Å². The molecule has 1 rings (SSSR count). The van der Waals surface area contributed by atoms with Gasteiger partial charge in [-0.1, -0.05) is 30.3 Å². The highest BCUT2D eigenvalue weighted by Crippen LogP contribution is 2.25. The second kappa shape index (κ2) is 10.9. The predicted octanol–water partition coefficient (Wildman–Crippen LogP) is 1.62. The third kappa shape index (κ3) is 7.84. The molecule has 1 aromatic carbocycles. The Morgan fingerprint density at radius 2 is 1.59 bits per heavy atom. The Balaban J connectivity index is 3.15. The number of carbonyl (C=O) groups is 4. The van der Waals surface area contributed by atoms with Crippen LogP contribution in [0.2, 0.25) is 0 Å². The largest absolute Gasteiger partial charge is 0.480 e. The number of amides is 2. The smallest absolute Gasteiger partial charge is 0.407 e. The van der Waals surface area contributed by atoms with Crippen LogP contribution in [0.15, 0.2) is 30.3 Å². The van der Waals surface area contributed by atoms with E-state index in [0.29, 0.717) is 5.56 Å². The maximum atomic E-state index is 13.1. The molecular formula is C22H33N3O7. The molecule has 0 fully saturated rings. The number of carboxylic acid groups (broad SMARTS) is 2. The van der Waals surface area contributed by atoms with Crippen molar-refractivity contribution in [1.29, 1.82) is 0 Å². The highest BCUT2D eigenvalue weighted by molar-refractivity contribution is 5.86. The summed E-state index contributed by atoms with van der Waals surface area (Å²) >= 11 is 0. The molecule has 0 radical (unpaired) electrons. The van der Waals surface area contributed by atoms with E-state index in [2.05, 4.69) is 5.32 Å². The SMILES string of the molecule is CC(C)(C)OC(=O)NCCC(=O)N([C@@H](Cc1ccccc1)C(=O)O)C(C)(C)[C@H](N)C(=O)O. The van der Waals surface area contributed by atoms with Crippen molar-refractivity contribution in [3.8, 4) is 0 Å². The highest BCUT2D eigenvalue weighted by Gasteiger charge is 2.45. The lowest BCUT2D eigenvalue weighted by Crippen LogP contribution is -2.65. The second-order valence-electron chi connectivity index (χ2n) is 8.96. The molecule has 0 heterocycles. The first-order chi connectivity index (χ1) is 14.7. The van der Waals surface area contributed by atoms with Crippen LogP contribution in [-0.2, 0) is 25.5 Å². The van der Waals surface area contributed by atoms with Crippen molar-refractivity contribution < 1.29 is 34.1 Å². The number of nitrogens with zero attached hydrogens (tertiary/aromatic N) is 1. The molecule has 2 amide bonds. The molecule has 0 aliphatic rings. The average molecular weight is 452 g/mol. The van der Waals surface area contributed by atoms with Crippen LogP contribution in [0.1, 0.15) is 46.6 Å². The van der Waals surface area contributed by atoms with Crippen LogP contribution in [-0.4, -0.2) is 68.8 Å². The van der Waals surface area contributed by atoms with Crippen molar-refractivity contribution in [3.05, 3.63) is 35.9 Å². The molecule has 5 N–H and O–H groups in total. The number of hydrogen-bond acceptors (Lipinski definition) is 6. The summed E-state index contributed by atoms with van der Waals surface area (Å²) in [6, 6.07) is 5.77. The normalized spacial score (nSPS) is 13.6. The van der Waals surface area contributed by atoms with Gasteiger partial charge in [0.2, 0.25) is 5.91 Å². The van der Waals surface area contributed by atoms with E-state index in [0.717, 1.165) is 4.90 Å². The number of carbonyl (C=O) groups excluding carboxylic acids is 2. The Bertz CT molecular complexity index is 819. The molecule has 0 saturated heterocycles. The lowest BCUT2D eigenvalue weighted by molar-refractivity contribution is -0.159. The lowest BCUT2D eigenvalue weighted by atomic mass is 9.89. The summed E-state index contributed by atoms with van der Waals surface area (Å²) in [5, 5.41) is 21.8. The van der Waals surface area contributed by atoms with Crippen LogP contribution in [0.25, 0.3) is 0 Å². The minimum atomic E-state index is -1.54. The van der Waals surface area contributed by atoms with Crippen molar-refractivity contribution in [3.63, 3.8) is 0 Å². The summed E-state index contributed by atoms with van der Waals surface area (Å²) in [5.41, 5.74) is 4.23. The van der Waals surface area contributed by atoms with E-state index in [1.165, 1.54) is 13.8 Å². The van der Waals surface area contributed by atoms with Gasteiger partial charge in [0.05, 0.1) is 5.54 Å². The number of nitrogens with two attached hydrogens (primary N) is 1. The summed E-state index contributed by atoms with van der Waals surface area (Å²) in [6.45, 7) is 7.76. The van der Waals surface area contributed by atoms with E-state index in [1.807, 2.05) is 0 Å². The van der Waals surface area contributed by atoms with Crippen molar-refractivity contribution in [2.24, 2.45) is 5.73 Å². The van der Waals surface area contributed by atoms with Crippen LogP contribution in [0.3, 0.4) is 0 Å². The van der Waals surface area contributed by atoms with Crippen molar-refractivity contribution in [2.75, 3.05) is 6.54 Å². The molecule has 10 nitrogen and oxygen atoms in total. The minimum absolute atomic E-state index is 0.0445. The molecule has 0 unspecified atom stereocenters. The van der Waals surface area contributed by atoms with Gasteiger partial charge in [0.1, 0.15) is 17.7 Å². The zero-order chi connectivity index (χ0) is 24.7. The number of nitrogens with one attached hydrogen (secondary N) is 1. The van der Waals surface area contributed by atoms with Crippen LogP contribution in [0.5, 0.6) is 0 Å². The maximum Gasteiger partial charge on any atom is 0.407 e. The molecule has 0 saturated carbocycles. The van der Waals surface area contributed by atoms with Crippen LogP contribution in [0, 0.1) is 0 Å². The summed E-state index contributed by atoms with van der Waals surface area (Å²) < 4.78 is 5.11. The first-order valence-electron chi connectivity index (χ1n) is 10.2. The fraction of sp³-hybridized carbons (Fsp3) is 0.545. The molecule has 2 atom stereocenters. The second-order valence-corrected chi connectivity index (χ2v) is 8.96. The van der Waals surface area contributed by atoms with Crippen molar-refractivity contribution in [1.82, 2.24) is 10.2 Å². The van der Waals surface area contributed by atoms with Crippen LogP contribution in [0.4, 0.5) is 4.79 Å². The monoisotopic (exact) mass is 451 g/mol. The molecule has 178 valence electrons. The van der Waals surface area contributed by atoms with E-state index >= 15 is 0 Å². The fourth-order valence-electron chi connectivity index (χ4n) is 3.18. The molecule has 0 aliphatic carbocycles. The highest BCUT2D eigenvalue weighted by atomic mass is 16.6. The van der Waals surface area contributed by atoms with E-state index in [4.69, 9.17) is 10.5 Å². The third-order valence-corrected chi connectivity index (χ3v) is 4.79. The van der Waals surface area contributed by atoms with Gasteiger partial charge in [0, 0.05) is 19.4 Å². The van der Waals surface area contributed by atoms with Gasteiger partial charge in [0.15, 0.2) is 0 Å². The number of alkyl carbamates (subject to hydrolysis) is 1. The van der Waals surface area contributed by atoms with Crippen LogP contribution < -0.4 is 11.1 Å². The Morgan fingerprint density at radius 1 is 1.03 bits per heavy atom. The minimum Gasteiger partial charge on any atom is -0.480 e. The molecule has 1 aromatic rings. The average Bonchev–Trinajstić information content (AvgIpc) is 2.65. The number of rotatable bonds is 10. The van der Waals surface area contributed by atoms with Gasteiger partial charge >= 0.3 is 18.0 Å². The van der Waals surface area contributed by atoms with E-state index in [-0.39, 0.29) is 19.4 Å². The lowest BCUT2D eigenvalue weighted by Gasteiger charge is -2.44. The molecule has 0 aromatic heterocycles. The summed E-state index contributed by atoms with van der Waals surface area (Å²) in [7, 11) is 0. The Hall–Kier alpha value is -3.14. The van der Waals surface area contributed by atoms with Gasteiger partial charge < -0.3 is 30.9 Å². The zero-order valence-electron chi connectivity index (χ0n) is 19.1. The zero-order valence-corrected chi connectivity index (χ0v) is 19.1. The van der Waals surface area contributed by atoms with Gasteiger partial charge in [-0.25, -0.2) is 9.59 Å². The Labute approximate surface area is 187 Å². The van der Waals surface area contributed by atoms with Gasteiger partial charge in [-0.15, -0.1) is 0 Å². The predicted molar refractivity (Wildman–Crippen MR) is 117 cm³/mol. The van der Waals surface area contributed by atoms with Crippen molar-refractivity contribution >= 4 is 23.9 Å². The number of carboxylic acids is 2. The molecule has 32 heavy (non-hydrogen) atoms. The number of benzene rings is 1. The number of hydrogen-bond donors (Lipinski definition) is 4. The summed E-state index contributed by atoms with van der Waals surface area (Å²) in [5.74, 6) is -3.33. The quantitative estimate of drug-likeness (QED) is 0.417. The molecule has 0 aliphatic heterocycles. The van der Waals surface area contributed by atoms with Gasteiger partial charge in [-0.2, -0.15) is 0 Å². The summed E-state index contributed by atoms with van der Waals surface area (Å²) in [6.07, 6.45) is -1.04. The first-order valence-corrected chi connectivity index (χ1v) is 10.2. The van der Waals surface area contributed by atoms with Crippen molar-refractivity contribution in [2.45, 2.75) is 70.7 Å². The number of ether oxygens (including phenoxy) is 1. The standard InChI is InChI=1S/C22H33N3O7/c1-21(2,3)32-20(31)24-12-11-16(26)25(22(4,5)17(23)19(29)30)15(18(27)28)13-14-9-7-6-8-10-14/h6-10,15,17H,11-13,23H2,1-5H3,(H,24,31)(H,27,28)(H,29,30)/t15-,17+/m0/s1. The number of aliphatic carboxylic acids is 2. The Kier molecular flexibility index (Phi) is 9.20. The molecular weight excluding hydrogens is 418 g/mol. The van der Waals surface area contributed by atoms with Crippen LogP contribution >= 0.6 is 0 Å². The third-order valence-electron chi connectivity index (χ3n) is 4.79. The van der Waals surface area contributed by atoms with E-state index in [9.17, 15) is 29.4 Å². The first kappa shape index (κ1) is 26.9. The van der Waals surface area contributed by atoms with Gasteiger partial charge in [-0.3, -0.25) is 9.59 Å². The topological polar surface area (TPSA) is 159 Å². The van der Waals surface area contributed by atoms with Gasteiger partial charge in [0.25, 0.3) is 0 Å². The van der Waals surface area contributed by atoms with Gasteiger partial charge in [-0.05, 0) is 40.2 Å². The Morgan fingerprint density at radius 3 is 2.06 bits per heavy atom. The molecule has 0 bridgehead atoms. The molecule has 0 spiro atoms. The summed E-state index contributed by atoms with van der Waals surface area (Å²) in [4.78, 5) is 49.7. The maximum absolute atomic E-state index is 13.1. The van der Waals surface area contributed by atoms with E-state index < -0.39 is 47.2 Å². The fourth-order valence-corrected chi connectivity index (χ4v) is 3.18.